The molecule has 108 valence electrons. The van der Waals surface area contributed by atoms with Crippen molar-refractivity contribution in [2.75, 3.05) is 12.9 Å². The Balaban J connectivity index is 2.90. The van der Waals surface area contributed by atoms with Gasteiger partial charge in [-0.25, -0.2) is 13.4 Å². The summed E-state index contributed by atoms with van der Waals surface area (Å²) in [5.41, 5.74) is 0.634. The summed E-state index contributed by atoms with van der Waals surface area (Å²) in [6.45, 7) is 1.85. The van der Waals surface area contributed by atoms with Crippen LogP contribution in [0.5, 0.6) is 0 Å². The number of sulfone groups is 1. The van der Waals surface area contributed by atoms with E-state index in [4.69, 9.17) is 9.84 Å². The van der Waals surface area contributed by atoms with Gasteiger partial charge in [0.15, 0.2) is 9.84 Å². The second-order valence-corrected chi connectivity index (χ2v) is 7.50. The van der Waals surface area contributed by atoms with Crippen LogP contribution in [0.1, 0.15) is 28.9 Å². The highest BCUT2D eigenvalue weighted by molar-refractivity contribution is 7.90. The van der Waals surface area contributed by atoms with Gasteiger partial charge in [0.25, 0.3) is 0 Å². The number of ether oxygens (including phenoxy) is 1. The number of aromatic nitrogens is 1. The maximum atomic E-state index is 11.6. The first-order chi connectivity index (χ1) is 8.88. The van der Waals surface area contributed by atoms with Crippen LogP contribution in [-0.4, -0.2) is 37.3 Å². The molecule has 6 nitrogen and oxygen atoms in total. The quantitative estimate of drug-likeness (QED) is 0.776. The van der Waals surface area contributed by atoms with Gasteiger partial charge >= 0.3 is 5.97 Å². The molecule has 0 spiro atoms. The Kier molecular flexibility index (Phi) is 5.89. The lowest BCUT2D eigenvalue weighted by Crippen LogP contribution is -2.06. The van der Waals surface area contributed by atoms with Crippen LogP contribution in [0.2, 0.25) is 0 Å². The minimum Gasteiger partial charge on any atom is -0.481 e. The Bertz CT molecular complexity index is 535. The van der Waals surface area contributed by atoms with Crippen LogP contribution in [-0.2, 0) is 38.1 Å². The van der Waals surface area contributed by atoms with E-state index in [1.807, 2.05) is 0 Å². The SMILES string of the molecule is CCS(=O)(=O)Cc1nc(COC)c(CCC(=O)O)s1. The third kappa shape index (κ3) is 5.25. The number of hydrogen-bond acceptors (Lipinski definition) is 6. The monoisotopic (exact) mass is 307 g/mol. The Morgan fingerprint density at radius 3 is 2.68 bits per heavy atom. The Morgan fingerprint density at radius 2 is 2.16 bits per heavy atom. The molecule has 0 saturated carbocycles. The Morgan fingerprint density at radius 1 is 1.47 bits per heavy atom. The molecule has 1 aromatic heterocycles. The number of nitrogens with zero attached hydrogens (tertiary/aromatic N) is 1. The summed E-state index contributed by atoms with van der Waals surface area (Å²) >= 11 is 1.25. The van der Waals surface area contributed by atoms with Crippen molar-refractivity contribution in [1.29, 1.82) is 0 Å². The van der Waals surface area contributed by atoms with Gasteiger partial charge in [-0.3, -0.25) is 4.79 Å². The number of aliphatic carboxylic acids is 1. The summed E-state index contributed by atoms with van der Waals surface area (Å²) in [6.07, 6.45) is 0.344. The van der Waals surface area contributed by atoms with Crippen LogP contribution in [0.25, 0.3) is 0 Å². The molecule has 1 heterocycles. The highest BCUT2D eigenvalue weighted by Crippen LogP contribution is 2.23. The fourth-order valence-corrected chi connectivity index (χ4v) is 3.74. The van der Waals surface area contributed by atoms with Crippen LogP contribution in [0.15, 0.2) is 0 Å². The van der Waals surface area contributed by atoms with Crippen molar-refractivity contribution < 1.29 is 23.1 Å². The normalized spacial score (nSPS) is 11.7. The first-order valence-corrected chi connectivity index (χ1v) is 8.40. The summed E-state index contributed by atoms with van der Waals surface area (Å²) < 4.78 is 28.1. The lowest BCUT2D eigenvalue weighted by molar-refractivity contribution is -0.136. The van der Waals surface area contributed by atoms with E-state index in [0.29, 0.717) is 17.1 Å². The first kappa shape index (κ1) is 16.1. The zero-order valence-corrected chi connectivity index (χ0v) is 12.5. The average molecular weight is 307 g/mol. The molecule has 0 aliphatic heterocycles. The maximum Gasteiger partial charge on any atom is 0.303 e. The third-order valence-corrected chi connectivity index (χ3v) is 5.39. The number of carboxylic acid groups (broad SMARTS) is 1. The molecule has 0 aliphatic carbocycles. The lowest BCUT2D eigenvalue weighted by Gasteiger charge is -1.98. The van der Waals surface area contributed by atoms with E-state index in [1.165, 1.54) is 18.4 Å². The lowest BCUT2D eigenvalue weighted by atomic mass is 10.2. The average Bonchev–Trinajstić information content (AvgIpc) is 2.68. The zero-order chi connectivity index (χ0) is 14.5. The van der Waals surface area contributed by atoms with E-state index in [9.17, 15) is 13.2 Å². The van der Waals surface area contributed by atoms with Gasteiger partial charge in [-0.2, -0.15) is 0 Å². The van der Waals surface area contributed by atoms with E-state index in [1.54, 1.807) is 6.92 Å². The van der Waals surface area contributed by atoms with Crippen molar-refractivity contribution in [1.82, 2.24) is 4.98 Å². The van der Waals surface area contributed by atoms with E-state index in [0.717, 1.165) is 4.88 Å². The van der Waals surface area contributed by atoms with E-state index in [-0.39, 0.29) is 24.5 Å². The largest absolute Gasteiger partial charge is 0.481 e. The van der Waals surface area contributed by atoms with Crippen molar-refractivity contribution in [3.63, 3.8) is 0 Å². The zero-order valence-electron chi connectivity index (χ0n) is 10.9. The fourth-order valence-electron chi connectivity index (χ4n) is 1.45. The number of methoxy groups -OCH3 is 1. The molecule has 0 atom stereocenters. The van der Waals surface area contributed by atoms with Gasteiger partial charge in [-0.1, -0.05) is 6.92 Å². The third-order valence-electron chi connectivity index (χ3n) is 2.45. The second kappa shape index (κ2) is 6.97. The molecule has 1 aromatic rings. The van der Waals surface area contributed by atoms with Crippen molar-refractivity contribution in [2.45, 2.75) is 32.1 Å². The number of thiazole rings is 1. The van der Waals surface area contributed by atoms with Gasteiger partial charge < -0.3 is 9.84 Å². The summed E-state index contributed by atoms with van der Waals surface area (Å²) in [4.78, 5) is 15.6. The molecule has 1 rings (SSSR count). The van der Waals surface area contributed by atoms with E-state index in [2.05, 4.69) is 4.98 Å². The van der Waals surface area contributed by atoms with Crippen LogP contribution >= 0.6 is 11.3 Å². The Labute approximate surface area is 116 Å². The topological polar surface area (TPSA) is 93.6 Å². The molecule has 0 amide bonds. The highest BCUT2D eigenvalue weighted by Gasteiger charge is 2.17. The number of aryl methyl sites for hydroxylation is 1. The van der Waals surface area contributed by atoms with Crippen molar-refractivity contribution >= 4 is 27.1 Å². The summed E-state index contributed by atoms with van der Waals surface area (Å²) in [7, 11) is -1.61. The molecule has 1 N–H and O–H groups in total. The summed E-state index contributed by atoms with van der Waals surface area (Å²) in [6, 6.07) is 0. The van der Waals surface area contributed by atoms with E-state index >= 15 is 0 Å². The number of carbonyl (C=O) groups is 1. The summed E-state index contributed by atoms with van der Waals surface area (Å²) in [5.74, 6) is -0.922. The van der Waals surface area contributed by atoms with Crippen molar-refractivity contribution in [3.05, 3.63) is 15.6 Å². The van der Waals surface area contributed by atoms with Crippen molar-refractivity contribution in [2.24, 2.45) is 0 Å². The van der Waals surface area contributed by atoms with Crippen LogP contribution in [0.3, 0.4) is 0 Å². The number of rotatable bonds is 8. The van der Waals surface area contributed by atoms with Gasteiger partial charge in [0.2, 0.25) is 0 Å². The first-order valence-electron chi connectivity index (χ1n) is 5.76. The molecule has 0 fully saturated rings. The minimum atomic E-state index is -3.13. The van der Waals surface area contributed by atoms with E-state index < -0.39 is 15.8 Å². The van der Waals surface area contributed by atoms with Gasteiger partial charge in [0, 0.05) is 17.7 Å². The smallest absolute Gasteiger partial charge is 0.303 e. The number of hydrogen-bond donors (Lipinski definition) is 1. The van der Waals surface area contributed by atoms with Gasteiger partial charge in [0.05, 0.1) is 18.7 Å². The van der Waals surface area contributed by atoms with Crippen LogP contribution in [0.4, 0.5) is 0 Å². The Hall–Kier alpha value is -0.990. The number of carboxylic acids is 1. The predicted octanol–water partition coefficient (Wildman–Crippen LogP) is 1.24. The maximum absolute atomic E-state index is 11.6. The molecule has 8 heteroatoms. The molecule has 19 heavy (non-hydrogen) atoms. The molecule has 0 aliphatic rings. The predicted molar refractivity (Wildman–Crippen MR) is 71.9 cm³/mol. The van der Waals surface area contributed by atoms with Gasteiger partial charge in [-0.05, 0) is 6.42 Å². The fraction of sp³-hybridized carbons (Fsp3) is 0.636. The molecule has 0 radical (unpaired) electrons. The molecule has 0 saturated heterocycles. The minimum absolute atomic E-state index is 0.00112. The molecule has 0 bridgehead atoms. The molecular formula is C11H17NO5S2. The molecule has 0 unspecified atom stereocenters. The van der Waals surface area contributed by atoms with Crippen LogP contribution < -0.4 is 0 Å². The molecule has 0 aromatic carbocycles. The van der Waals surface area contributed by atoms with Crippen molar-refractivity contribution in [3.8, 4) is 0 Å². The van der Waals surface area contributed by atoms with Gasteiger partial charge in [-0.15, -0.1) is 11.3 Å². The van der Waals surface area contributed by atoms with Crippen LogP contribution in [0, 0.1) is 0 Å². The van der Waals surface area contributed by atoms with Gasteiger partial charge in [0.1, 0.15) is 10.8 Å². The standard InChI is InChI=1S/C11H17NO5S2/c1-3-19(15,16)7-10-12-8(6-17-2)9(18-10)4-5-11(13)14/h3-7H2,1-2H3,(H,13,14). The molecular weight excluding hydrogens is 290 g/mol. The highest BCUT2D eigenvalue weighted by atomic mass is 32.2. The summed E-state index contributed by atoms with van der Waals surface area (Å²) in [5, 5.41) is 9.18. The second-order valence-electron chi connectivity index (χ2n) is 3.98.